The molecule has 0 saturated carbocycles. The number of aryl methyl sites for hydroxylation is 1. The molecule has 2 aromatic carbocycles. The Kier molecular flexibility index (Phi) is 16.1. The monoisotopic (exact) mass is 648 g/mol. The van der Waals surface area contributed by atoms with Crippen LogP contribution >= 0.6 is 37.2 Å². The SMILES string of the molecule is COc1ccc2c(c1)CC[C@@H](NCC(N)CCCCNS(=O)(=O)c1ccccc1F)[C@H]2Cc1cccnc1.Cl.Cl.Cl. The van der Waals surface area contributed by atoms with Crippen molar-refractivity contribution in [3.8, 4) is 5.75 Å². The van der Waals surface area contributed by atoms with Crippen LogP contribution in [-0.4, -0.2) is 45.7 Å². The van der Waals surface area contributed by atoms with Crippen LogP contribution in [0.3, 0.4) is 0 Å². The molecule has 41 heavy (non-hydrogen) atoms. The molecule has 228 valence electrons. The van der Waals surface area contributed by atoms with Crippen LogP contribution in [0.25, 0.3) is 0 Å². The highest BCUT2D eigenvalue weighted by Crippen LogP contribution is 2.36. The van der Waals surface area contributed by atoms with Gasteiger partial charge in [-0.3, -0.25) is 4.98 Å². The number of nitrogens with zero attached hydrogens (tertiary/aromatic N) is 1. The van der Waals surface area contributed by atoms with Crippen LogP contribution in [0, 0.1) is 5.82 Å². The number of pyridine rings is 1. The number of aromatic nitrogens is 1. The van der Waals surface area contributed by atoms with E-state index in [0.717, 1.165) is 43.9 Å². The topological polar surface area (TPSA) is 106 Å². The smallest absolute Gasteiger partial charge is 0.243 e. The molecule has 0 bridgehead atoms. The molecule has 1 unspecified atom stereocenters. The Bertz CT molecular complexity index is 1310. The van der Waals surface area contributed by atoms with E-state index < -0.39 is 15.8 Å². The number of halogens is 4. The Balaban J connectivity index is 0.00000280. The fraction of sp³-hybridized carbons (Fsp3) is 0.414. The van der Waals surface area contributed by atoms with Crippen molar-refractivity contribution in [2.45, 2.75) is 61.4 Å². The van der Waals surface area contributed by atoms with Crippen LogP contribution in [0.15, 0.2) is 71.9 Å². The van der Waals surface area contributed by atoms with Gasteiger partial charge in [-0.25, -0.2) is 17.5 Å². The summed E-state index contributed by atoms with van der Waals surface area (Å²) in [6.07, 6.45) is 8.77. The van der Waals surface area contributed by atoms with E-state index >= 15 is 0 Å². The van der Waals surface area contributed by atoms with Gasteiger partial charge in [0.25, 0.3) is 0 Å². The van der Waals surface area contributed by atoms with E-state index in [1.165, 1.54) is 34.9 Å². The highest BCUT2D eigenvalue weighted by atomic mass is 35.5. The molecule has 0 radical (unpaired) electrons. The minimum Gasteiger partial charge on any atom is -0.497 e. The highest BCUT2D eigenvalue weighted by molar-refractivity contribution is 7.89. The summed E-state index contributed by atoms with van der Waals surface area (Å²) < 4.78 is 46.4. The number of benzene rings is 2. The van der Waals surface area contributed by atoms with Crippen molar-refractivity contribution in [1.29, 1.82) is 0 Å². The Labute approximate surface area is 261 Å². The number of rotatable bonds is 13. The predicted octanol–water partition coefficient (Wildman–Crippen LogP) is 5.20. The summed E-state index contributed by atoms with van der Waals surface area (Å²) in [7, 11) is -2.16. The first kappa shape index (κ1) is 37.0. The molecule has 7 nitrogen and oxygen atoms in total. The van der Waals surface area contributed by atoms with Crippen LogP contribution in [0.1, 0.15) is 48.3 Å². The number of fused-ring (bicyclic) bond motifs is 1. The molecule has 0 saturated heterocycles. The molecule has 3 aromatic rings. The first-order valence-corrected chi connectivity index (χ1v) is 14.6. The molecule has 0 amide bonds. The minimum absolute atomic E-state index is 0. The Morgan fingerprint density at radius 1 is 1.10 bits per heavy atom. The Morgan fingerprint density at radius 3 is 2.59 bits per heavy atom. The summed E-state index contributed by atoms with van der Waals surface area (Å²) >= 11 is 0. The first-order valence-electron chi connectivity index (χ1n) is 13.2. The maximum Gasteiger partial charge on any atom is 0.243 e. The molecule has 1 aliphatic rings. The standard InChI is InChI=1S/C29H37FN4O3S.3ClH/c1-37-24-12-13-25-22(18-24)11-14-28(26(25)17-21-7-6-15-32-19-21)33-20-23(31)8-4-5-16-34-38(35,36)29-10-3-2-9-27(29)30;;;/h2-3,6-7,9-10,12-13,15,18-19,23,26,28,33-34H,4-5,8,11,14,16-17,20,31H2,1H3;3*1H/t23?,26-,28+;;;/m0.../s1. The van der Waals surface area contributed by atoms with Gasteiger partial charge in [-0.1, -0.05) is 30.7 Å². The fourth-order valence-electron chi connectivity index (χ4n) is 5.17. The summed E-state index contributed by atoms with van der Waals surface area (Å²) in [5, 5.41) is 3.72. The van der Waals surface area contributed by atoms with E-state index in [0.29, 0.717) is 18.9 Å². The van der Waals surface area contributed by atoms with Crippen molar-refractivity contribution in [3.05, 3.63) is 89.5 Å². The molecule has 4 N–H and O–H groups in total. The van der Waals surface area contributed by atoms with Crippen molar-refractivity contribution in [2.75, 3.05) is 20.2 Å². The molecule has 12 heteroatoms. The van der Waals surface area contributed by atoms with Crippen molar-refractivity contribution in [2.24, 2.45) is 5.73 Å². The number of methoxy groups -OCH3 is 1. The second-order valence-corrected chi connectivity index (χ2v) is 11.6. The zero-order valence-electron chi connectivity index (χ0n) is 23.0. The van der Waals surface area contributed by atoms with Gasteiger partial charge >= 0.3 is 0 Å². The number of hydrogen-bond donors (Lipinski definition) is 3. The van der Waals surface area contributed by atoms with E-state index in [1.807, 2.05) is 18.3 Å². The average molecular weight is 650 g/mol. The summed E-state index contributed by atoms with van der Waals surface area (Å²) in [5.41, 5.74) is 10.3. The normalized spacial score (nSPS) is 16.8. The molecule has 3 atom stereocenters. The van der Waals surface area contributed by atoms with Crippen molar-refractivity contribution in [3.63, 3.8) is 0 Å². The van der Waals surface area contributed by atoms with Gasteiger partial charge < -0.3 is 15.8 Å². The number of ether oxygens (including phenoxy) is 1. The molecule has 4 rings (SSSR count). The summed E-state index contributed by atoms with van der Waals surface area (Å²) in [6.45, 7) is 0.924. The van der Waals surface area contributed by atoms with Crippen LogP contribution < -0.4 is 20.5 Å². The molecule has 1 aliphatic carbocycles. The van der Waals surface area contributed by atoms with Gasteiger partial charge in [-0.15, -0.1) is 37.2 Å². The molecular weight excluding hydrogens is 610 g/mol. The summed E-state index contributed by atoms with van der Waals surface area (Å²) in [6, 6.07) is 16.1. The van der Waals surface area contributed by atoms with Gasteiger partial charge in [0, 0.05) is 43.5 Å². The van der Waals surface area contributed by atoms with Crippen LogP contribution in [0.4, 0.5) is 4.39 Å². The van der Waals surface area contributed by atoms with E-state index in [-0.39, 0.29) is 60.7 Å². The third-order valence-electron chi connectivity index (χ3n) is 7.20. The first-order chi connectivity index (χ1) is 18.4. The largest absolute Gasteiger partial charge is 0.497 e. The molecule has 1 aromatic heterocycles. The average Bonchev–Trinajstić information content (AvgIpc) is 2.92. The van der Waals surface area contributed by atoms with Gasteiger partial charge in [0.2, 0.25) is 10.0 Å². The lowest BCUT2D eigenvalue weighted by Crippen LogP contribution is -2.44. The van der Waals surface area contributed by atoms with E-state index in [1.54, 1.807) is 13.3 Å². The van der Waals surface area contributed by atoms with E-state index in [4.69, 9.17) is 10.5 Å². The molecule has 0 spiro atoms. The van der Waals surface area contributed by atoms with Gasteiger partial charge in [0.05, 0.1) is 7.11 Å². The van der Waals surface area contributed by atoms with Gasteiger partial charge in [-0.05, 0) is 79.1 Å². The number of nitrogens with two attached hydrogens (primary N) is 1. The third-order valence-corrected chi connectivity index (χ3v) is 8.69. The van der Waals surface area contributed by atoms with Crippen molar-refractivity contribution in [1.82, 2.24) is 15.0 Å². The van der Waals surface area contributed by atoms with Gasteiger partial charge in [-0.2, -0.15) is 0 Å². The van der Waals surface area contributed by atoms with Crippen LogP contribution in [-0.2, 0) is 22.9 Å². The molecular formula is C29H40Cl3FN4O3S. The van der Waals surface area contributed by atoms with Crippen molar-refractivity contribution >= 4 is 47.2 Å². The minimum atomic E-state index is -3.86. The maximum absolute atomic E-state index is 13.8. The lowest BCUT2D eigenvalue weighted by Gasteiger charge is -2.35. The highest BCUT2D eigenvalue weighted by Gasteiger charge is 2.30. The number of unbranched alkanes of at least 4 members (excludes halogenated alkanes) is 1. The van der Waals surface area contributed by atoms with Gasteiger partial charge in [0.1, 0.15) is 16.5 Å². The number of nitrogens with one attached hydrogen (secondary N) is 2. The second kappa shape index (κ2) is 17.9. The fourth-order valence-corrected chi connectivity index (χ4v) is 6.32. The lowest BCUT2D eigenvalue weighted by molar-refractivity contribution is 0.365. The Hall–Kier alpha value is -1.98. The lowest BCUT2D eigenvalue weighted by atomic mass is 9.76. The quantitative estimate of drug-likeness (QED) is 0.220. The number of hydrogen-bond acceptors (Lipinski definition) is 6. The maximum atomic E-state index is 13.8. The van der Waals surface area contributed by atoms with Crippen LogP contribution in [0.5, 0.6) is 5.75 Å². The predicted molar refractivity (Wildman–Crippen MR) is 169 cm³/mol. The van der Waals surface area contributed by atoms with E-state index in [9.17, 15) is 12.8 Å². The van der Waals surface area contributed by atoms with Gasteiger partial charge in [0.15, 0.2) is 0 Å². The molecule has 0 aliphatic heterocycles. The number of sulfonamides is 1. The van der Waals surface area contributed by atoms with Crippen molar-refractivity contribution < 1.29 is 17.5 Å². The van der Waals surface area contributed by atoms with E-state index in [2.05, 4.69) is 33.2 Å². The third kappa shape index (κ3) is 10.4. The zero-order chi connectivity index (χ0) is 27.0. The zero-order valence-corrected chi connectivity index (χ0v) is 26.3. The van der Waals surface area contributed by atoms with Crippen LogP contribution in [0.2, 0.25) is 0 Å². The Morgan fingerprint density at radius 2 is 1.88 bits per heavy atom. The second-order valence-electron chi connectivity index (χ2n) is 9.87. The molecule has 1 heterocycles. The molecule has 0 fully saturated rings. The summed E-state index contributed by atoms with van der Waals surface area (Å²) in [4.78, 5) is 3.97. The summed E-state index contributed by atoms with van der Waals surface area (Å²) in [5.74, 6) is 0.432.